The fourth-order valence-corrected chi connectivity index (χ4v) is 3.41. The Morgan fingerprint density at radius 2 is 1.78 bits per heavy atom. The summed E-state index contributed by atoms with van der Waals surface area (Å²) in [7, 11) is 0. The van der Waals surface area contributed by atoms with Crippen LogP contribution in [0.4, 0.5) is 4.79 Å². The van der Waals surface area contributed by atoms with Gasteiger partial charge in [-0.2, -0.15) is 0 Å². The number of carbonyl (C=O) groups is 2. The monoisotopic (exact) mass is 476 g/mol. The number of amides is 2. The minimum atomic E-state index is -1.01. The summed E-state index contributed by atoms with van der Waals surface area (Å²) in [5.41, 5.74) is -1.19. The van der Waals surface area contributed by atoms with Crippen molar-refractivity contribution in [1.82, 2.24) is 19.4 Å². The number of alkyl carbamates (subject to hydrolysis) is 1. The number of imide groups is 1. The van der Waals surface area contributed by atoms with Gasteiger partial charge in [-0.1, -0.05) is 35.3 Å². The molecule has 0 unspecified atom stereocenters. The lowest BCUT2D eigenvalue weighted by atomic mass is 10.2. The van der Waals surface area contributed by atoms with E-state index in [0.717, 1.165) is 15.3 Å². The molecular weight excluding hydrogens is 459 g/mol. The van der Waals surface area contributed by atoms with Gasteiger partial charge in [0.05, 0.1) is 25.4 Å². The summed E-state index contributed by atoms with van der Waals surface area (Å²) < 4.78 is 6.66. The first-order valence-electron chi connectivity index (χ1n) is 9.47. The Morgan fingerprint density at radius 1 is 1.06 bits per heavy atom. The Labute approximate surface area is 192 Å². The summed E-state index contributed by atoms with van der Waals surface area (Å²) in [5.74, 6) is -1.01. The number of aromatic nitrogens is 3. The SMILES string of the molecule is CCOC(=O)NC(=O)c1cn(Cc2ccccn2)c(=O)n(Cc2c(Cl)cccc2Cl)c1=O. The third-order valence-corrected chi connectivity index (χ3v) is 5.12. The number of pyridine rings is 1. The molecule has 9 nitrogen and oxygen atoms in total. The van der Waals surface area contributed by atoms with E-state index in [4.69, 9.17) is 23.2 Å². The Morgan fingerprint density at radius 3 is 2.41 bits per heavy atom. The number of halogens is 2. The van der Waals surface area contributed by atoms with Crippen LogP contribution in [0.3, 0.4) is 0 Å². The molecule has 2 heterocycles. The van der Waals surface area contributed by atoms with Gasteiger partial charge in [0, 0.05) is 28.0 Å². The molecule has 3 rings (SSSR count). The van der Waals surface area contributed by atoms with E-state index in [1.165, 1.54) is 0 Å². The highest BCUT2D eigenvalue weighted by atomic mass is 35.5. The van der Waals surface area contributed by atoms with Crippen molar-refractivity contribution in [2.75, 3.05) is 6.61 Å². The van der Waals surface area contributed by atoms with E-state index in [1.54, 1.807) is 49.5 Å². The predicted octanol–water partition coefficient (Wildman–Crippen LogP) is 2.69. The minimum absolute atomic E-state index is 0.0180. The second-order valence-corrected chi connectivity index (χ2v) is 7.35. The fourth-order valence-electron chi connectivity index (χ4n) is 2.90. The van der Waals surface area contributed by atoms with Crippen LogP contribution in [0.2, 0.25) is 10.0 Å². The zero-order valence-corrected chi connectivity index (χ0v) is 18.4. The molecule has 0 aliphatic rings. The predicted molar refractivity (Wildman–Crippen MR) is 118 cm³/mol. The quantitative estimate of drug-likeness (QED) is 0.585. The van der Waals surface area contributed by atoms with Gasteiger partial charge in [0.2, 0.25) is 0 Å². The van der Waals surface area contributed by atoms with E-state index in [0.29, 0.717) is 11.3 Å². The molecule has 0 bridgehead atoms. The van der Waals surface area contributed by atoms with Crippen LogP contribution in [0.15, 0.2) is 58.4 Å². The van der Waals surface area contributed by atoms with Crippen molar-refractivity contribution in [3.63, 3.8) is 0 Å². The summed E-state index contributed by atoms with van der Waals surface area (Å²) in [6.45, 7) is 1.31. The lowest BCUT2D eigenvalue weighted by Gasteiger charge is -2.14. The lowest BCUT2D eigenvalue weighted by molar-refractivity contribution is 0.0921. The third kappa shape index (κ3) is 5.24. The summed E-state index contributed by atoms with van der Waals surface area (Å²) >= 11 is 12.4. The summed E-state index contributed by atoms with van der Waals surface area (Å²) in [6, 6.07) is 9.89. The Kier molecular flexibility index (Phi) is 7.45. The Hall–Kier alpha value is -3.43. The van der Waals surface area contributed by atoms with Crippen LogP contribution in [0.1, 0.15) is 28.5 Å². The molecule has 0 aliphatic carbocycles. The summed E-state index contributed by atoms with van der Waals surface area (Å²) in [5, 5.41) is 2.47. The van der Waals surface area contributed by atoms with Crippen LogP contribution in [0.5, 0.6) is 0 Å². The molecule has 0 atom stereocenters. The molecule has 0 saturated heterocycles. The zero-order valence-electron chi connectivity index (χ0n) is 16.9. The van der Waals surface area contributed by atoms with Crippen LogP contribution in [-0.2, 0) is 17.8 Å². The van der Waals surface area contributed by atoms with Crippen molar-refractivity contribution in [2.45, 2.75) is 20.0 Å². The van der Waals surface area contributed by atoms with E-state index in [2.05, 4.69) is 9.72 Å². The molecule has 1 N–H and O–H groups in total. The van der Waals surface area contributed by atoms with Gasteiger partial charge in [0.15, 0.2) is 0 Å². The minimum Gasteiger partial charge on any atom is -0.450 e. The van der Waals surface area contributed by atoms with Gasteiger partial charge in [-0.15, -0.1) is 0 Å². The number of nitrogens with one attached hydrogen (secondary N) is 1. The molecule has 0 spiro atoms. The molecule has 1 aromatic carbocycles. The van der Waals surface area contributed by atoms with Crippen molar-refractivity contribution in [2.24, 2.45) is 0 Å². The maximum absolute atomic E-state index is 13.1. The molecule has 3 aromatic rings. The summed E-state index contributed by atoms with van der Waals surface area (Å²) in [6.07, 6.45) is 1.62. The average molecular weight is 477 g/mol. The van der Waals surface area contributed by atoms with Gasteiger partial charge in [0.25, 0.3) is 11.5 Å². The number of carbonyl (C=O) groups excluding carboxylic acids is 2. The molecule has 2 aromatic heterocycles. The van der Waals surface area contributed by atoms with Crippen molar-refractivity contribution in [1.29, 1.82) is 0 Å². The molecule has 2 amide bonds. The maximum Gasteiger partial charge on any atom is 0.414 e. The van der Waals surface area contributed by atoms with Gasteiger partial charge >= 0.3 is 11.8 Å². The Balaban J connectivity index is 2.12. The first kappa shape index (κ1) is 23.2. The highest BCUT2D eigenvalue weighted by Gasteiger charge is 2.21. The van der Waals surface area contributed by atoms with Gasteiger partial charge in [-0.3, -0.25) is 29.0 Å². The normalized spacial score (nSPS) is 10.6. The molecule has 11 heteroatoms. The smallest absolute Gasteiger partial charge is 0.414 e. The number of benzene rings is 1. The molecule has 0 radical (unpaired) electrons. The number of nitrogens with zero attached hydrogens (tertiary/aromatic N) is 3. The van der Waals surface area contributed by atoms with Gasteiger partial charge < -0.3 is 4.74 Å². The molecule has 0 fully saturated rings. The standard InChI is InChI=1S/C21H18Cl2N4O5/c1-2-32-20(30)25-18(28)15-11-26(10-13-6-3-4-9-24-13)21(31)27(19(15)29)12-14-16(22)7-5-8-17(14)23/h3-9,11H,2,10,12H2,1H3,(H,25,28,30). The second-order valence-electron chi connectivity index (χ2n) is 6.54. The van der Waals surface area contributed by atoms with Crippen molar-refractivity contribution < 1.29 is 14.3 Å². The number of rotatable bonds is 6. The van der Waals surface area contributed by atoms with E-state index in [9.17, 15) is 19.2 Å². The first-order valence-corrected chi connectivity index (χ1v) is 10.2. The molecule has 0 saturated carbocycles. The van der Waals surface area contributed by atoms with Crippen LogP contribution in [0, 0.1) is 0 Å². The topological polar surface area (TPSA) is 112 Å². The second kappa shape index (κ2) is 10.3. The number of hydrogen-bond donors (Lipinski definition) is 1. The van der Waals surface area contributed by atoms with Crippen LogP contribution in [-0.4, -0.2) is 32.7 Å². The molecule has 0 aliphatic heterocycles. The van der Waals surface area contributed by atoms with Crippen LogP contribution in [0.25, 0.3) is 0 Å². The first-order chi connectivity index (χ1) is 15.3. The van der Waals surface area contributed by atoms with E-state index < -0.39 is 28.8 Å². The third-order valence-electron chi connectivity index (χ3n) is 4.41. The van der Waals surface area contributed by atoms with Crippen LogP contribution >= 0.6 is 23.2 Å². The number of hydrogen-bond acceptors (Lipinski definition) is 6. The largest absolute Gasteiger partial charge is 0.450 e. The highest BCUT2D eigenvalue weighted by Crippen LogP contribution is 2.24. The van der Waals surface area contributed by atoms with E-state index in [-0.39, 0.29) is 29.7 Å². The summed E-state index contributed by atoms with van der Waals surface area (Å²) in [4.78, 5) is 54.6. The fraction of sp³-hybridized carbons (Fsp3) is 0.190. The van der Waals surface area contributed by atoms with Crippen LogP contribution < -0.4 is 16.6 Å². The number of ether oxygens (including phenoxy) is 1. The average Bonchev–Trinajstić information content (AvgIpc) is 2.75. The lowest BCUT2D eigenvalue weighted by Crippen LogP contribution is -2.45. The Bertz CT molecular complexity index is 1250. The zero-order chi connectivity index (χ0) is 23.3. The highest BCUT2D eigenvalue weighted by molar-refractivity contribution is 6.35. The van der Waals surface area contributed by atoms with E-state index >= 15 is 0 Å². The molecular formula is C21H18Cl2N4O5. The van der Waals surface area contributed by atoms with Gasteiger partial charge in [0.1, 0.15) is 5.56 Å². The van der Waals surface area contributed by atoms with Crippen molar-refractivity contribution in [3.8, 4) is 0 Å². The van der Waals surface area contributed by atoms with Crippen molar-refractivity contribution in [3.05, 3.63) is 96.5 Å². The molecule has 32 heavy (non-hydrogen) atoms. The maximum atomic E-state index is 13.1. The van der Waals surface area contributed by atoms with Gasteiger partial charge in [-0.05, 0) is 31.2 Å². The van der Waals surface area contributed by atoms with Gasteiger partial charge in [-0.25, -0.2) is 9.59 Å². The van der Waals surface area contributed by atoms with E-state index in [1.807, 2.05) is 5.32 Å². The van der Waals surface area contributed by atoms with Crippen molar-refractivity contribution >= 4 is 35.2 Å². The molecule has 166 valence electrons.